The molecule has 2 aromatic rings. The second-order valence-electron chi connectivity index (χ2n) is 5.28. The zero-order chi connectivity index (χ0) is 14.8. The number of carbonyl (C=O) groups is 1. The SMILES string of the molecule is CCN1CCN(C(=O)c2ccc(C)s2)C[C@H]1c1ncc[nH]1. The molecule has 3 rings (SSSR count). The number of nitrogens with zero attached hydrogens (tertiary/aromatic N) is 3. The lowest BCUT2D eigenvalue weighted by Crippen LogP contribution is -2.50. The zero-order valence-corrected chi connectivity index (χ0v) is 13.2. The molecule has 5 nitrogen and oxygen atoms in total. The Hall–Kier alpha value is -1.66. The summed E-state index contributed by atoms with van der Waals surface area (Å²) in [6.07, 6.45) is 3.61. The van der Waals surface area contributed by atoms with Crippen LogP contribution in [0.2, 0.25) is 0 Å². The summed E-state index contributed by atoms with van der Waals surface area (Å²) in [5, 5.41) is 0. The molecule has 112 valence electrons. The van der Waals surface area contributed by atoms with Crippen molar-refractivity contribution in [1.82, 2.24) is 19.8 Å². The molecule has 0 bridgehead atoms. The number of rotatable bonds is 3. The van der Waals surface area contributed by atoms with E-state index in [2.05, 4.69) is 21.8 Å². The van der Waals surface area contributed by atoms with Gasteiger partial charge in [0, 0.05) is 36.9 Å². The first-order valence-corrected chi connectivity index (χ1v) is 8.09. The van der Waals surface area contributed by atoms with Gasteiger partial charge in [0.2, 0.25) is 0 Å². The standard InChI is InChI=1S/C15H20N4OS/c1-3-18-8-9-19(10-12(18)14-16-6-7-17-14)15(20)13-5-4-11(2)21-13/h4-7,12H,3,8-10H2,1-2H3,(H,16,17)/t12-/m0/s1. The summed E-state index contributed by atoms with van der Waals surface area (Å²) < 4.78 is 0. The fourth-order valence-electron chi connectivity index (χ4n) is 2.81. The van der Waals surface area contributed by atoms with Gasteiger partial charge in [-0.2, -0.15) is 0 Å². The molecule has 6 heteroatoms. The van der Waals surface area contributed by atoms with Crippen molar-refractivity contribution >= 4 is 17.2 Å². The van der Waals surface area contributed by atoms with Gasteiger partial charge in [0.1, 0.15) is 5.82 Å². The van der Waals surface area contributed by atoms with Gasteiger partial charge in [-0.25, -0.2) is 4.98 Å². The molecule has 3 heterocycles. The molecular formula is C15H20N4OS. The monoisotopic (exact) mass is 304 g/mol. The summed E-state index contributed by atoms with van der Waals surface area (Å²) >= 11 is 1.57. The summed E-state index contributed by atoms with van der Waals surface area (Å²) in [5.41, 5.74) is 0. The maximum atomic E-state index is 12.6. The number of hydrogen-bond donors (Lipinski definition) is 1. The third-order valence-electron chi connectivity index (χ3n) is 3.97. The lowest BCUT2D eigenvalue weighted by Gasteiger charge is -2.39. The van der Waals surface area contributed by atoms with E-state index >= 15 is 0 Å². The Balaban J connectivity index is 1.78. The second-order valence-corrected chi connectivity index (χ2v) is 6.57. The van der Waals surface area contributed by atoms with Gasteiger partial charge in [-0.3, -0.25) is 9.69 Å². The Morgan fingerprint density at radius 1 is 1.48 bits per heavy atom. The first-order chi connectivity index (χ1) is 10.2. The van der Waals surface area contributed by atoms with Gasteiger partial charge < -0.3 is 9.88 Å². The van der Waals surface area contributed by atoms with Crippen molar-refractivity contribution in [3.63, 3.8) is 0 Å². The van der Waals surface area contributed by atoms with Crippen LogP contribution in [0, 0.1) is 6.92 Å². The van der Waals surface area contributed by atoms with Crippen LogP contribution in [0.4, 0.5) is 0 Å². The molecule has 0 aliphatic carbocycles. The highest BCUT2D eigenvalue weighted by molar-refractivity contribution is 7.13. The third kappa shape index (κ3) is 2.87. The van der Waals surface area contributed by atoms with Crippen LogP contribution >= 0.6 is 11.3 Å². The Morgan fingerprint density at radius 2 is 2.33 bits per heavy atom. The number of nitrogens with one attached hydrogen (secondary N) is 1. The molecule has 0 unspecified atom stereocenters. The smallest absolute Gasteiger partial charge is 0.264 e. The molecular weight excluding hydrogens is 284 g/mol. The Bertz CT molecular complexity index is 607. The zero-order valence-electron chi connectivity index (χ0n) is 12.4. The highest BCUT2D eigenvalue weighted by atomic mass is 32.1. The summed E-state index contributed by atoms with van der Waals surface area (Å²) in [4.78, 5) is 26.5. The molecule has 1 amide bonds. The van der Waals surface area contributed by atoms with Crippen LogP contribution in [0.5, 0.6) is 0 Å². The molecule has 0 radical (unpaired) electrons. The summed E-state index contributed by atoms with van der Waals surface area (Å²) in [7, 11) is 0. The average Bonchev–Trinajstić information content (AvgIpc) is 3.17. The minimum absolute atomic E-state index is 0.139. The summed E-state index contributed by atoms with van der Waals surface area (Å²) in [6.45, 7) is 7.50. The lowest BCUT2D eigenvalue weighted by molar-refractivity contribution is 0.0484. The number of hydrogen-bond acceptors (Lipinski definition) is 4. The molecule has 1 aliphatic rings. The van der Waals surface area contributed by atoms with E-state index in [-0.39, 0.29) is 11.9 Å². The van der Waals surface area contributed by atoms with E-state index in [1.54, 1.807) is 17.5 Å². The van der Waals surface area contributed by atoms with E-state index in [0.717, 1.165) is 30.3 Å². The normalized spacial score (nSPS) is 19.9. The van der Waals surface area contributed by atoms with E-state index < -0.39 is 0 Å². The van der Waals surface area contributed by atoms with Crippen LogP contribution in [0.1, 0.15) is 33.3 Å². The van der Waals surface area contributed by atoms with Crippen molar-refractivity contribution in [3.05, 3.63) is 40.1 Å². The number of imidazole rings is 1. The van der Waals surface area contributed by atoms with Gasteiger partial charge in [0.05, 0.1) is 10.9 Å². The van der Waals surface area contributed by atoms with Gasteiger partial charge in [-0.05, 0) is 25.6 Å². The molecule has 1 N–H and O–H groups in total. The fraction of sp³-hybridized carbons (Fsp3) is 0.467. The maximum Gasteiger partial charge on any atom is 0.264 e. The Labute approximate surface area is 128 Å². The van der Waals surface area contributed by atoms with Crippen molar-refractivity contribution in [2.45, 2.75) is 19.9 Å². The first-order valence-electron chi connectivity index (χ1n) is 7.28. The molecule has 0 saturated carbocycles. The first kappa shape index (κ1) is 14.3. The van der Waals surface area contributed by atoms with E-state index in [1.807, 2.05) is 30.2 Å². The van der Waals surface area contributed by atoms with Crippen LogP contribution in [0.3, 0.4) is 0 Å². The minimum atomic E-state index is 0.139. The number of aromatic nitrogens is 2. The molecule has 2 aromatic heterocycles. The maximum absolute atomic E-state index is 12.6. The van der Waals surface area contributed by atoms with Crippen molar-refractivity contribution in [3.8, 4) is 0 Å². The molecule has 0 aromatic carbocycles. The second kappa shape index (κ2) is 5.99. The molecule has 1 aliphatic heterocycles. The van der Waals surface area contributed by atoms with Crippen LogP contribution in [0.15, 0.2) is 24.5 Å². The molecule has 0 spiro atoms. The molecule has 1 atom stereocenters. The number of carbonyl (C=O) groups excluding carboxylic acids is 1. The van der Waals surface area contributed by atoms with E-state index in [4.69, 9.17) is 0 Å². The molecule has 1 fully saturated rings. The molecule has 21 heavy (non-hydrogen) atoms. The topological polar surface area (TPSA) is 52.2 Å². The van der Waals surface area contributed by atoms with Crippen LogP contribution < -0.4 is 0 Å². The van der Waals surface area contributed by atoms with Crippen molar-refractivity contribution in [2.75, 3.05) is 26.2 Å². The predicted molar refractivity (Wildman–Crippen MR) is 83.5 cm³/mol. The average molecular weight is 304 g/mol. The number of thiophene rings is 1. The number of aromatic amines is 1. The Kier molecular flexibility index (Phi) is 4.07. The number of aryl methyl sites for hydroxylation is 1. The minimum Gasteiger partial charge on any atom is -0.347 e. The lowest BCUT2D eigenvalue weighted by atomic mass is 10.1. The van der Waals surface area contributed by atoms with Gasteiger partial charge in [-0.1, -0.05) is 6.92 Å². The number of piperazine rings is 1. The number of H-pyrrole nitrogens is 1. The van der Waals surface area contributed by atoms with Crippen LogP contribution in [-0.2, 0) is 0 Å². The quantitative estimate of drug-likeness (QED) is 0.946. The van der Waals surface area contributed by atoms with Crippen LogP contribution in [-0.4, -0.2) is 51.9 Å². The van der Waals surface area contributed by atoms with Crippen molar-refractivity contribution in [2.24, 2.45) is 0 Å². The van der Waals surface area contributed by atoms with E-state index in [0.29, 0.717) is 6.54 Å². The van der Waals surface area contributed by atoms with Crippen molar-refractivity contribution < 1.29 is 4.79 Å². The summed E-state index contributed by atoms with van der Waals surface area (Å²) in [5.74, 6) is 1.08. The van der Waals surface area contributed by atoms with Crippen molar-refractivity contribution in [1.29, 1.82) is 0 Å². The van der Waals surface area contributed by atoms with Crippen LogP contribution in [0.25, 0.3) is 0 Å². The number of likely N-dealkylation sites (N-methyl/N-ethyl adjacent to an activating group) is 1. The van der Waals surface area contributed by atoms with Gasteiger partial charge >= 0.3 is 0 Å². The van der Waals surface area contributed by atoms with Gasteiger partial charge in [0.25, 0.3) is 5.91 Å². The number of amides is 1. The van der Waals surface area contributed by atoms with Gasteiger partial charge in [0.15, 0.2) is 0 Å². The van der Waals surface area contributed by atoms with E-state index in [9.17, 15) is 4.79 Å². The summed E-state index contributed by atoms with van der Waals surface area (Å²) in [6, 6.07) is 4.09. The Morgan fingerprint density at radius 3 is 2.95 bits per heavy atom. The largest absolute Gasteiger partial charge is 0.347 e. The highest BCUT2D eigenvalue weighted by Gasteiger charge is 2.31. The van der Waals surface area contributed by atoms with E-state index in [1.165, 1.54) is 4.88 Å². The third-order valence-corrected chi connectivity index (χ3v) is 4.96. The highest BCUT2D eigenvalue weighted by Crippen LogP contribution is 2.25. The van der Waals surface area contributed by atoms with Gasteiger partial charge in [-0.15, -0.1) is 11.3 Å². The predicted octanol–water partition coefficient (Wildman–Crippen LogP) is 2.30. The molecule has 1 saturated heterocycles. The fourth-order valence-corrected chi connectivity index (χ4v) is 3.64.